The maximum atomic E-state index is 13.2. The average Bonchev–Trinajstić information content (AvgIpc) is 2.81. The predicted octanol–water partition coefficient (Wildman–Crippen LogP) is 3.04. The lowest BCUT2D eigenvalue weighted by atomic mass is 9.99. The monoisotopic (exact) mass is 532 g/mol. The van der Waals surface area contributed by atoms with E-state index in [1.165, 1.54) is 6.21 Å². The van der Waals surface area contributed by atoms with Crippen molar-refractivity contribution in [1.82, 2.24) is 21.4 Å². The number of benzene rings is 1. The molecule has 0 bridgehead atoms. The molecule has 1 aromatic carbocycles. The van der Waals surface area contributed by atoms with Crippen molar-refractivity contribution in [3.63, 3.8) is 0 Å². The lowest BCUT2D eigenvalue weighted by Crippen LogP contribution is -2.55. The smallest absolute Gasteiger partial charge is 0.408 e. The van der Waals surface area contributed by atoms with Crippen LogP contribution in [-0.4, -0.2) is 48.3 Å². The Bertz CT molecular complexity index is 920. The Morgan fingerprint density at radius 1 is 0.816 bits per heavy atom. The topological polar surface area (TPSA) is 164 Å². The van der Waals surface area contributed by atoms with E-state index >= 15 is 0 Å². The lowest BCUT2D eigenvalue weighted by Gasteiger charge is -2.26. The second-order valence-electron chi connectivity index (χ2n) is 10.6. The zero-order valence-electron chi connectivity index (χ0n) is 23.3. The van der Waals surface area contributed by atoms with Gasteiger partial charge in [0.1, 0.15) is 18.7 Å². The molecule has 5 amide bonds. The number of ether oxygens (including phenoxy) is 1. The number of rotatable bonds is 15. The van der Waals surface area contributed by atoms with E-state index in [1.807, 2.05) is 71.9 Å². The summed E-state index contributed by atoms with van der Waals surface area (Å²) in [6, 6.07) is 6.20. The van der Waals surface area contributed by atoms with E-state index in [2.05, 4.69) is 26.5 Å². The fourth-order valence-electron chi connectivity index (χ4n) is 3.72. The van der Waals surface area contributed by atoms with Gasteiger partial charge in [0, 0.05) is 6.21 Å². The fraction of sp³-hybridized carbons (Fsp3) is 0.593. The molecule has 0 aromatic heterocycles. The Hall–Kier alpha value is -3.63. The summed E-state index contributed by atoms with van der Waals surface area (Å²) in [7, 11) is 0. The number of hydrogen-bond acceptors (Lipinski definition) is 6. The molecule has 1 rings (SSSR count). The fourth-order valence-corrected chi connectivity index (χ4v) is 3.72. The molecule has 0 fully saturated rings. The molecule has 0 spiro atoms. The number of carbonyl (C=O) groups is 4. The van der Waals surface area contributed by atoms with E-state index in [-0.39, 0.29) is 24.4 Å². The van der Waals surface area contributed by atoms with E-state index in [1.54, 1.807) is 0 Å². The van der Waals surface area contributed by atoms with Crippen molar-refractivity contribution < 1.29 is 23.9 Å². The van der Waals surface area contributed by atoms with Crippen LogP contribution < -0.4 is 27.1 Å². The molecule has 0 saturated heterocycles. The number of nitrogens with two attached hydrogens (primary N) is 1. The molecular formula is C27H44N6O5. The highest BCUT2D eigenvalue weighted by atomic mass is 16.5. The zero-order valence-corrected chi connectivity index (χ0v) is 23.3. The summed E-state index contributed by atoms with van der Waals surface area (Å²) in [5, 5.41) is 12.1. The maximum Gasteiger partial charge on any atom is 0.408 e. The van der Waals surface area contributed by atoms with E-state index in [0.29, 0.717) is 19.3 Å². The van der Waals surface area contributed by atoms with Gasteiger partial charge < -0.3 is 26.4 Å². The Kier molecular flexibility index (Phi) is 14.5. The minimum absolute atomic E-state index is 0.0739. The Morgan fingerprint density at radius 2 is 1.34 bits per heavy atom. The van der Waals surface area contributed by atoms with Crippen molar-refractivity contribution in [2.75, 3.05) is 0 Å². The van der Waals surface area contributed by atoms with E-state index in [9.17, 15) is 19.2 Å². The van der Waals surface area contributed by atoms with Crippen molar-refractivity contribution >= 4 is 30.2 Å². The van der Waals surface area contributed by atoms with E-state index < -0.39 is 42.1 Å². The molecule has 0 unspecified atom stereocenters. The summed E-state index contributed by atoms with van der Waals surface area (Å²) in [5.74, 6) is -0.437. The van der Waals surface area contributed by atoms with Crippen LogP contribution >= 0.6 is 0 Å². The summed E-state index contributed by atoms with van der Waals surface area (Å²) in [6.45, 7) is 11.8. The van der Waals surface area contributed by atoms with Crippen LogP contribution in [0.4, 0.5) is 9.59 Å². The molecule has 1 aromatic rings. The zero-order chi connectivity index (χ0) is 28.7. The van der Waals surface area contributed by atoms with Gasteiger partial charge in [0.2, 0.25) is 11.8 Å². The van der Waals surface area contributed by atoms with Crippen LogP contribution in [0, 0.1) is 17.8 Å². The minimum Gasteiger partial charge on any atom is -0.445 e. The Morgan fingerprint density at radius 3 is 1.87 bits per heavy atom. The van der Waals surface area contributed by atoms with Gasteiger partial charge in [0.05, 0.1) is 6.04 Å². The third kappa shape index (κ3) is 14.2. The Balaban J connectivity index is 2.92. The van der Waals surface area contributed by atoms with Crippen LogP contribution in [0.5, 0.6) is 0 Å². The van der Waals surface area contributed by atoms with Gasteiger partial charge in [-0.25, -0.2) is 15.0 Å². The standard InChI is InChI=1S/C27H44N6O5/c1-17(2)12-21(15-29-33-26(28)36)30-24(34)22(13-18(3)4)31-25(35)23(14-19(5)6)32-27(37)38-16-20-10-8-7-9-11-20/h7-11,15,17-19,21-23H,12-14,16H2,1-6H3,(H,30,34)(H,31,35)(H,32,37)(H3,28,33,36)/b29-15+/t21-,22-,23-/m0/s1. The van der Waals surface area contributed by atoms with Gasteiger partial charge in [-0.15, -0.1) is 0 Å². The summed E-state index contributed by atoms with van der Waals surface area (Å²) in [5.41, 5.74) is 8.00. The summed E-state index contributed by atoms with van der Waals surface area (Å²) in [6.07, 6.45) is 2.00. The van der Waals surface area contributed by atoms with Crippen LogP contribution in [0.3, 0.4) is 0 Å². The van der Waals surface area contributed by atoms with Gasteiger partial charge in [-0.2, -0.15) is 5.10 Å². The molecule has 3 atom stereocenters. The molecule has 38 heavy (non-hydrogen) atoms. The van der Waals surface area contributed by atoms with Gasteiger partial charge in [-0.1, -0.05) is 71.9 Å². The molecule has 0 aliphatic rings. The molecular weight excluding hydrogens is 488 g/mol. The molecule has 11 nitrogen and oxygen atoms in total. The van der Waals surface area contributed by atoms with Gasteiger partial charge in [-0.05, 0) is 42.6 Å². The average molecular weight is 533 g/mol. The number of amides is 5. The number of urea groups is 1. The van der Waals surface area contributed by atoms with Crippen molar-refractivity contribution in [3.05, 3.63) is 35.9 Å². The van der Waals surface area contributed by atoms with Gasteiger partial charge >= 0.3 is 12.1 Å². The third-order valence-electron chi connectivity index (χ3n) is 5.35. The quantitative estimate of drug-likeness (QED) is 0.173. The molecule has 0 radical (unpaired) electrons. The molecule has 0 aliphatic heterocycles. The first-order chi connectivity index (χ1) is 17.9. The molecule has 0 heterocycles. The van der Waals surface area contributed by atoms with Gasteiger partial charge in [0.25, 0.3) is 0 Å². The van der Waals surface area contributed by atoms with Gasteiger partial charge in [-0.3, -0.25) is 9.59 Å². The van der Waals surface area contributed by atoms with Crippen LogP contribution in [0.15, 0.2) is 35.4 Å². The molecule has 0 aliphatic carbocycles. The number of primary amides is 1. The molecule has 0 saturated carbocycles. The maximum absolute atomic E-state index is 13.2. The van der Waals surface area contributed by atoms with Crippen molar-refractivity contribution in [2.45, 2.75) is 85.5 Å². The summed E-state index contributed by atoms with van der Waals surface area (Å²) in [4.78, 5) is 49.9. The van der Waals surface area contributed by atoms with Crippen molar-refractivity contribution in [2.24, 2.45) is 28.6 Å². The second-order valence-corrected chi connectivity index (χ2v) is 10.6. The minimum atomic E-state index is -0.881. The summed E-state index contributed by atoms with van der Waals surface area (Å²) < 4.78 is 5.29. The van der Waals surface area contributed by atoms with Crippen LogP contribution in [-0.2, 0) is 20.9 Å². The van der Waals surface area contributed by atoms with Crippen LogP contribution in [0.1, 0.15) is 66.4 Å². The normalized spacial score (nSPS) is 13.7. The van der Waals surface area contributed by atoms with E-state index in [4.69, 9.17) is 10.5 Å². The summed E-state index contributed by atoms with van der Waals surface area (Å²) >= 11 is 0. The first-order valence-electron chi connectivity index (χ1n) is 13.0. The highest BCUT2D eigenvalue weighted by Crippen LogP contribution is 2.11. The third-order valence-corrected chi connectivity index (χ3v) is 5.35. The highest BCUT2D eigenvalue weighted by Gasteiger charge is 2.29. The number of alkyl carbamates (subject to hydrolysis) is 1. The first-order valence-corrected chi connectivity index (χ1v) is 13.0. The number of hydrazone groups is 1. The van der Waals surface area contributed by atoms with E-state index in [0.717, 1.165) is 5.56 Å². The lowest BCUT2D eigenvalue weighted by molar-refractivity contribution is -0.130. The SMILES string of the molecule is CC(C)C[C@@H](/C=N/NC(N)=O)NC(=O)[C@H](CC(C)C)NC(=O)[C@H](CC(C)C)NC(=O)OCc1ccccc1. The van der Waals surface area contributed by atoms with Crippen molar-refractivity contribution in [3.8, 4) is 0 Å². The van der Waals surface area contributed by atoms with Crippen molar-refractivity contribution in [1.29, 1.82) is 0 Å². The number of carbonyl (C=O) groups excluding carboxylic acids is 4. The van der Waals surface area contributed by atoms with Gasteiger partial charge in [0.15, 0.2) is 0 Å². The molecule has 6 N–H and O–H groups in total. The van der Waals surface area contributed by atoms with Crippen LogP contribution in [0.25, 0.3) is 0 Å². The largest absolute Gasteiger partial charge is 0.445 e. The molecule has 212 valence electrons. The number of nitrogens with one attached hydrogen (secondary N) is 4. The molecule has 11 heteroatoms. The van der Waals surface area contributed by atoms with Crippen LogP contribution in [0.2, 0.25) is 0 Å². The first kappa shape index (κ1) is 32.4. The second kappa shape index (κ2) is 17.0. The Labute approximate surface area is 225 Å². The number of hydrogen-bond donors (Lipinski definition) is 5. The predicted molar refractivity (Wildman–Crippen MR) is 147 cm³/mol. The number of nitrogens with zero attached hydrogens (tertiary/aromatic N) is 1. The highest BCUT2D eigenvalue weighted by molar-refractivity contribution is 5.92.